The highest BCUT2D eigenvalue weighted by molar-refractivity contribution is 5.38. The maximum atomic E-state index is 2.59. The van der Waals surface area contributed by atoms with Crippen molar-refractivity contribution in [3.8, 4) is 0 Å². The van der Waals surface area contributed by atoms with Gasteiger partial charge in [0.1, 0.15) is 0 Å². The van der Waals surface area contributed by atoms with E-state index < -0.39 is 0 Å². The lowest BCUT2D eigenvalue weighted by atomic mass is 9.65. The van der Waals surface area contributed by atoms with Gasteiger partial charge in [0.05, 0.1) is 0 Å². The third-order valence-electron chi connectivity index (χ3n) is 5.51. The molecule has 0 bridgehead atoms. The van der Waals surface area contributed by atoms with Gasteiger partial charge in [0.15, 0.2) is 0 Å². The largest absolute Gasteiger partial charge is 0.303 e. The van der Waals surface area contributed by atoms with E-state index in [9.17, 15) is 0 Å². The lowest BCUT2D eigenvalue weighted by Crippen LogP contribution is -2.46. The molecule has 3 rings (SSSR count). The Morgan fingerprint density at radius 1 is 1.21 bits per heavy atom. The van der Waals surface area contributed by atoms with Gasteiger partial charge in [0.25, 0.3) is 0 Å². The highest BCUT2D eigenvalue weighted by Gasteiger charge is 2.39. The molecule has 0 aromatic heterocycles. The first-order valence-corrected chi connectivity index (χ1v) is 8.00. The Morgan fingerprint density at radius 2 is 2.00 bits per heavy atom. The van der Waals surface area contributed by atoms with E-state index in [2.05, 4.69) is 44.0 Å². The molecule has 1 aromatic rings. The molecule has 0 N–H and O–H groups in total. The molecule has 1 heteroatoms. The SMILES string of the molecule is CCN(C)[C@H]1Cc2ccc(C)cc2C2CCCCC21. The van der Waals surface area contributed by atoms with Gasteiger partial charge in [-0.05, 0) is 62.7 Å². The molecule has 104 valence electrons. The van der Waals surface area contributed by atoms with Gasteiger partial charge in [-0.3, -0.25) is 0 Å². The van der Waals surface area contributed by atoms with E-state index in [1.807, 2.05) is 0 Å². The second kappa shape index (κ2) is 5.28. The van der Waals surface area contributed by atoms with Gasteiger partial charge in [-0.1, -0.05) is 43.5 Å². The summed E-state index contributed by atoms with van der Waals surface area (Å²) in [6, 6.07) is 7.93. The number of hydrogen-bond acceptors (Lipinski definition) is 1. The van der Waals surface area contributed by atoms with Crippen LogP contribution in [0.5, 0.6) is 0 Å². The first kappa shape index (κ1) is 13.2. The van der Waals surface area contributed by atoms with Gasteiger partial charge in [-0.2, -0.15) is 0 Å². The van der Waals surface area contributed by atoms with Crippen LogP contribution < -0.4 is 0 Å². The van der Waals surface area contributed by atoms with E-state index in [0.29, 0.717) is 0 Å². The third kappa shape index (κ3) is 2.33. The molecule has 1 saturated carbocycles. The molecule has 2 aliphatic rings. The van der Waals surface area contributed by atoms with Crippen LogP contribution in [-0.2, 0) is 6.42 Å². The Morgan fingerprint density at radius 3 is 2.79 bits per heavy atom. The van der Waals surface area contributed by atoms with Crippen molar-refractivity contribution in [2.24, 2.45) is 5.92 Å². The van der Waals surface area contributed by atoms with E-state index in [-0.39, 0.29) is 0 Å². The van der Waals surface area contributed by atoms with E-state index >= 15 is 0 Å². The van der Waals surface area contributed by atoms with Gasteiger partial charge in [-0.15, -0.1) is 0 Å². The zero-order valence-corrected chi connectivity index (χ0v) is 12.7. The second-order valence-corrected chi connectivity index (χ2v) is 6.60. The van der Waals surface area contributed by atoms with Gasteiger partial charge >= 0.3 is 0 Å². The summed E-state index contributed by atoms with van der Waals surface area (Å²) in [6.07, 6.45) is 6.98. The van der Waals surface area contributed by atoms with Crippen molar-refractivity contribution in [3.05, 3.63) is 34.9 Å². The Labute approximate surface area is 118 Å². The summed E-state index contributed by atoms with van der Waals surface area (Å²) in [5.41, 5.74) is 4.75. The average molecular weight is 257 g/mol. The summed E-state index contributed by atoms with van der Waals surface area (Å²) in [6.45, 7) is 5.71. The molecule has 0 saturated heterocycles. The van der Waals surface area contributed by atoms with Crippen molar-refractivity contribution in [1.82, 2.24) is 4.90 Å². The fraction of sp³-hybridized carbons (Fsp3) is 0.667. The third-order valence-corrected chi connectivity index (χ3v) is 5.51. The summed E-state index contributed by atoms with van der Waals surface area (Å²) in [7, 11) is 2.31. The van der Waals surface area contributed by atoms with Crippen LogP contribution in [0.2, 0.25) is 0 Å². The van der Waals surface area contributed by atoms with Gasteiger partial charge < -0.3 is 4.90 Å². The second-order valence-electron chi connectivity index (χ2n) is 6.60. The summed E-state index contributed by atoms with van der Waals surface area (Å²) in [5, 5.41) is 0. The van der Waals surface area contributed by atoms with Crippen LogP contribution in [0.1, 0.15) is 55.2 Å². The lowest BCUT2D eigenvalue weighted by molar-refractivity contribution is 0.119. The van der Waals surface area contributed by atoms with E-state index in [0.717, 1.165) is 17.9 Å². The molecular formula is C18H27N. The molecule has 1 fully saturated rings. The minimum Gasteiger partial charge on any atom is -0.303 e. The zero-order chi connectivity index (χ0) is 13.4. The monoisotopic (exact) mass is 257 g/mol. The predicted octanol–water partition coefficient (Wildman–Crippen LogP) is 4.15. The molecule has 0 aliphatic heterocycles. The molecule has 2 aliphatic carbocycles. The Hall–Kier alpha value is -0.820. The average Bonchev–Trinajstić information content (AvgIpc) is 2.46. The highest BCUT2D eigenvalue weighted by atomic mass is 15.1. The topological polar surface area (TPSA) is 3.24 Å². The van der Waals surface area contributed by atoms with Crippen molar-refractivity contribution >= 4 is 0 Å². The van der Waals surface area contributed by atoms with Crippen LogP contribution in [0, 0.1) is 12.8 Å². The van der Waals surface area contributed by atoms with Crippen LogP contribution >= 0.6 is 0 Å². The fourth-order valence-electron chi connectivity index (χ4n) is 4.35. The summed E-state index contributed by atoms with van der Waals surface area (Å²) >= 11 is 0. The number of nitrogens with zero attached hydrogens (tertiary/aromatic N) is 1. The van der Waals surface area contributed by atoms with Gasteiger partial charge in [0, 0.05) is 6.04 Å². The summed E-state index contributed by atoms with van der Waals surface area (Å²) < 4.78 is 0. The predicted molar refractivity (Wildman–Crippen MR) is 81.7 cm³/mol. The maximum Gasteiger partial charge on any atom is 0.0167 e. The summed E-state index contributed by atoms with van der Waals surface area (Å²) in [4.78, 5) is 2.59. The van der Waals surface area contributed by atoms with Crippen molar-refractivity contribution in [1.29, 1.82) is 0 Å². The van der Waals surface area contributed by atoms with E-state index in [1.54, 1.807) is 11.1 Å². The molecule has 2 unspecified atom stereocenters. The first-order valence-electron chi connectivity index (χ1n) is 8.00. The number of rotatable bonds is 2. The van der Waals surface area contributed by atoms with Crippen molar-refractivity contribution in [3.63, 3.8) is 0 Å². The van der Waals surface area contributed by atoms with Crippen LogP contribution in [0.4, 0.5) is 0 Å². The summed E-state index contributed by atoms with van der Waals surface area (Å²) in [5.74, 6) is 1.73. The van der Waals surface area contributed by atoms with Crippen LogP contribution in [-0.4, -0.2) is 24.5 Å². The molecule has 0 amide bonds. The minimum atomic E-state index is 0.769. The van der Waals surface area contributed by atoms with Crippen molar-refractivity contribution < 1.29 is 0 Å². The number of fused-ring (bicyclic) bond motifs is 3. The Bertz CT molecular complexity index is 451. The first-order chi connectivity index (χ1) is 9.20. The quantitative estimate of drug-likeness (QED) is 0.769. The number of likely N-dealkylation sites (N-methyl/N-ethyl adjacent to an activating group) is 1. The van der Waals surface area contributed by atoms with Crippen molar-refractivity contribution in [2.45, 2.75) is 57.9 Å². The Balaban J connectivity index is 1.99. The normalized spacial score (nSPS) is 30.0. The molecule has 1 nitrogen and oxygen atoms in total. The standard InChI is InChI=1S/C18H27N/c1-4-19(3)18-12-14-10-9-13(2)11-17(14)15-7-5-6-8-16(15)18/h9-11,15-16,18H,4-8,12H2,1-3H3/t15?,16?,18-/m0/s1. The molecular weight excluding hydrogens is 230 g/mol. The molecule has 0 radical (unpaired) electrons. The molecule has 19 heavy (non-hydrogen) atoms. The Kier molecular flexibility index (Phi) is 3.66. The van der Waals surface area contributed by atoms with Crippen molar-refractivity contribution in [2.75, 3.05) is 13.6 Å². The zero-order valence-electron chi connectivity index (χ0n) is 12.7. The van der Waals surface area contributed by atoms with Crippen LogP contribution in [0.3, 0.4) is 0 Å². The number of aryl methyl sites for hydroxylation is 1. The van der Waals surface area contributed by atoms with Gasteiger partial charge in [0.2, 0.25) is 0 Å². The molecule has 3 atom stereocenters. The fourth-order valence-corrected chi connectivity index (χ4v) is 4.35. The smallest absolute Gasteiger partial charge is 0.0167 e. The van der Waals surface area contributed by atoms with Gasteiger partial charge in [-0.25, -0.2) is 0 Å². The number of benzene rings is 1. The number of hydrogen-bond donors (Lipinski definition) is 0. The van der Waals surface area contributed by atoms with E-state index in [4.69, 9.17) is 0 Å². The molecule has 0 heterocycles. The molecule has 0 spiro atoms. The van der Waals surface area contributed by atoms with Crippen LogP contribution in [0.15, 0.2) is 18.2 Å². The molecule has 1 aromatic carbocycles. The lowest BCUT2D eigenvalue weighted by Gasteiger charge is -2.46. The maximum absolute atomic E-state index is 2.59. The minimum absolute atomic E-state index is 0.769. The highest BCUT2D eigenvalue weighted by Crippen LogP contribution is 2.46. The van der Waals surface area contributed by atoms with E-state index in [1.165, 1.54) is 44.2 Å². The van der Waals surface area contributed by atoms with Crippen LogP contribution in [0.25, 0.3) is 0 Å².